The number of carbonyl (C=O) groups excluding carboxylic acids is 3. The molecule has 1 aromatic carbocycles. The topological polar surface area (TPSA) is 78.5 Å². The van der Waals surface area contributed by atoms with Crippen LogP contribution in [0.25, 0.3) is 0 Å². The molecule has 1 fully saturated rings. The van der Waals surface area contributed by atoms with E-state index >= 15 is 0 Å². The van der Waals surface area contributed by atoms with E-state index in [2.05, 4.69) is 10.6 Å². The van der Waals surface area contributed by atoms with Crippen molar-refractivity contribution in [3.8, 4) is 0 Å². The van der Waals surface area contributed by atoms with Crippen LogP contribution in [0.1, 0.15) is 0 Å². The molecule has 0 spiro atoms. The van der Waals surface area contributed by atoms with Gasteiger partial charge in [0.05, 0.1) is 11.4 Å². The third-order valence-corrected chi connectivity index (χ3v) is 3.44. The molecule has 2 N–H and O–H groups in total. The van der Waals surface area contributed by atoms with Crippen LogP contribution in [-0.2, 0) is 4.79 Å². The molecule has 1 aliphatic rings. The molecule has 20 heavy (non-hydrogen) atoms. The van der Waals surface area contributed by atoms with Crippen molar-refractivity contribution in [1.29, 1.82) is 0 Å². The van der Waals surface area contributed by atoms with Crippen molar-refractivity contribution < 1.29 is 18.8 Å². The second kappa shape index (κ2) is 6.38. The zero-order chi connectivity index (χ0) is 14.5. The van der Waals surface area contributed by atoms with Crippen molar-refractivity contribution in [2.75, 3.05) is 24.2 Å². The van der Waals surface area contributed by atoms with Crippen molar-refractivity contribution in [3.63, 3.8) is 0 Å². The number of para-hydroxylation sites is 1. The lowest BCUT2D eigenvalue weighted by Crippen LogP contribution is -2.39. The predicted molar refractivity (Wildman–Crippen MR) is 73.0 cm³/mol. The van der Waals surface area contributed by atoms with Crippen molar-refractivity contribution in [3.05, 3.63) is 30.1 Å². The molecule has 8 heteroatoms. The van der Waals surface area contributed by atoms with Gasteiger partial charge in [0.1, 0.15) is 5.82 Å². The number of thioether (sulfide) groups is 1. The maximum Gasteiger partial charge on any atom is 0.319 e. The number of anilines is 1. The van der Waals surface area contributed by atoms with Crippen LogP contribution in [0.5, 0.6) is 0 Å². The Hall–Kier alpha value is -2.09. The van der Waals surface area contributed by atoms with Crippen LogP contribution in [-0.4, -0.2) is 40.9 Å². The molecule has 1 saturated heterocycles. The molecule has 4 amide bonds. The highest BCUT2D eigenvalue weighted by Crippen LogP contribution is 2.17. The van der Waals surface area contributed by atoms with Gasteiger partial charge in [-0.05, 0) is 12.1 Å². The quantitative estimate of drug-likeness (QED) is 0.885. The van der Waals surface area contributed by atoms with Gasteiger partial charge in [-0.3, -0.25) is 14.5 Å². The van der Waals surface area contributed by atoms with Crippen molar-refractivity contribution in [2.24, 2.45) is 0 Å². The Kier molecular flexibility index (Phi) is 4.57. The molecule has 1 heterocycles. The van der Waals surface area contributed by atoms with Crippen LogP contribution >= 0.6 is 11.8 Å². The van der Waals surface area contributed by atoms with Crippen molar-refractivity contribution in [1.82, 2.24) is 10.2 Å². The Morgan fingerprint density at radius 2 is 2.10 bits per heavy atom. The molecule has 0 saturated carbocycles. The Labute approximate surface area is 118 Å². The molecule has 0 unspecified atom stereocenters. The lowest BCUT2D eigenvalue weighted by molar-refractivity contribution is -0.124. The minimum absolute atomic E-state index is 0.0638. The molecule has 0 atom stereocenters. The molecule has 0 aliphatic carbocycles. The Balaban J connectivity index is 1.77. The van der Waals surface area contributed by atoms with Crippen molar-refractivity contribution >= 4 is 34.6 Å². The molecule has 0 aromatic heterocycles. The minimum atomic E-state index is -0.596. The number of nitrogens with one attached hydrogen (secondary N) is 2. The molecular formula is C12H12FN3O3S. The smallest absolute Gasteiger partial charge is 0.319 e. The number of amides is 4. The Morgan fingerprint density at radius 1 is 1.35 bits per heavy atom. The summed E-state index contributed by atoms with van der Waals surface area (Å²) in [6, 6.07) is 5.17. The summed E-state index contributed by atoms with van der Waals surface area (Å²) in [4.78, 5) is 35.2. The second-order valence-corrected chi connectivity index (χ2v) is 4.89. The fraction of sp³-hybridized carbons (Fsp3) is 0.250. The number of carbonyl (C=O) groups is 3. The molecule has 1 aromatic rings. The van der Waals surface area contributed by atoms with Crippen LogP contribution in [0.3, 0.4) is 0 Å². The van der Waals surface area contributed by atoms with Gasteiger partial charge >= 0.3 is 6.03 Å². The highest BCUT2D eigenvalue weighted by Gasteiger charge is 2.29. The van der Waals surface area contributed by atoms with E-state index in [1.165, 1.54) is 18.2 Å². The molecular weight excluding hydrogens is 285 g/mol. The number of nitrogens with zero attached hydrogens (tertiary/aromatic N) is 1. The number of urea groups is 1. The predicted octanol–water partition coefficient (Wildman–Crippen LogP) is 1.64. The van der Waals surface area contributed by atoms with E-state index in [-0.39, 0.29) is 35.7 Å². The van der Waals surface area contributed by atoms with Gasteiger partial charge in [-0.1, -0.05) is 23.9 Å². The molecule has 106 valence electrons. The summed E-state index contributed by atoms with van der Waals surface area (Å²) in [6.07, 6.45) is 0. The van der Waals surface area contributed by atoms with E-state index in [9.17, 15) is 18.8 Å². The average Bonchev–Trinajstić information content (AvgIpc) is 2.73. The monoisotopic (exact) mass is 297 g/mol. The number of benzene rings is 1. The molecule has 0 radical (unpaired) electrons. The summed E-state index contributed by atoms with van der Waals surface area (Å²) < 4.78 is 13.3. The lowest BCUT2D eigenvalue weighted by atomic mass is 10.3. The van der Waals surface area contributed by atoms with E-state index in [0.717, 1.165) is 16.7 Å². The number of halogens is 1. The number of rotatable bonds is 4. The zero-order valence-electron chi connectivity index (χ0n) is 10.4. The number of imide groups is 1. The first-order chi connectivity index (χ1) is 9.58. The van der Waals surface area contributed by atoms with Crippen LogP contribution < -0.4 is 10.6 Å². The largest absolute Gasteiger partial charge is 0.336 e. The molecule has 2 rings (SSSR count). The Bertz CT molecular complexity index is 537. The van der Waals surface area contributed by atoms with Gasteiger partial charge in [0.25, 0.3) is 5.24 Å². The van der Waals surface area contributed by atoms with E-state index in [0.29, 0.717) is 0 Å². The minimum Gasteiger partial charge on any atom is -0.336 e. The number of hydrogen-bond donors (Lipinski definition) is 2. The first kappa shape index (κ1) is 14.3. The normalized spacial score (nSPS) is 14.6. The van der Waals surface area contributed by atoms with E-state index in [1.54, 1.807) is 6.07 Å². The fourth-order valence-corrected chi connectivity index (χ4v) is 2.36. The van der Waals surface area contributed by atoms with Gasteiger partial charge in [-0.15, -0.1) is 0 Å². The van der Waals surface area contributed by atoms with Gasteiger partial charge in [0, 0.05) is 13.1 Å². The lowest BCUT2D eigenvalue weighted by Gasteiger charge is -2.13. The summed E-state index contributed by atoms with van der Waals surface area (Å²) in [6.45, 7) is 0.216. The second-order valence-electron chi connectivity index (χ2n) is 3.96. The van der Waals surface area contributed by atoms with Gasteiger partial charge in [-0.25, -0.2) is 9.18 Å². The highest BCUT2D eigenvalue weighted by molar-refractivity contribution is 8.14. The van der Waals surface area contributed by atoms with Crippen LogP contribution in [0.4, 0.5) is 19.7 Å². The third-order valence-electron chi connectivity index (χ3n) is 2.58. The summed E-state index contributed by atoms with van der Waals surface area (Å²) in [5, 5.41) is 4.48. The summed E-state index contributed by atoms with van der Waals surface area (Å²) in [7, 11) is 0. The first-order valence-electron chi connectivity index (χ1n) is 5.84. The summed E-state index contributed by atoms with van der Waals surface area (Å²) in [5.41, 5.74) is 0.0638. The van der Waals surface area contributed by atoms with Crippen LogP contribution in [0.2, 0.25) is 0 Å². The van der Waals surface area contributed by atoms with E-state index < -0.39 is 11.8 Å². The summed E-state index contributed by atoms with van der Waals surface area (Å²) >= 11 is 0.936. The van der Waals surface area contributed by atoms with E-state index in [1.807, 2.05) is 0 Å². The van der Waals surface area contributed by atoms with Gasteiger partial charge < -0.3 is 10.6 Å². The van der Waals surface area contributed by atoms with Gasteiger partial charge in [0.2, 0.25) is 5.91 Å². The fourth-order valence-electron chi connectivity index (χ4n) is 1.61. The highest BCUT2D eigenvalue weighted by atomic mass is 32.2. The first-order valence-corrected chi connectivity index (χ1v) is 6.83. The number of hydrogen-bond acceptors (Lipinski definition) is 4. The third kappa shape index (κ3) is 3.47. The molecule has 6 nitrogen and oxygen atoms in total. The zero-order valence-corrected chi connectivity index (χ0v) is 11.2. The van der Waals surface area contributed by atoms with Gasteiger partial charge in [-0.2, -0.15) is 0 Å². The average molecular weight is 297 g/mol. The van der Waals surface area contributed by atoms with E-state index in [4.69, 9.17) is 0 Å². The maximum absolute atomic E-state index is 13.3. The molecule has 0 bridgehead atoms. The summed E-state index contributed by atoms with van der Waals surface area (Å²) in [5.74, 6) is -0.666. The standard InChI is InChI=1S/C12H12FN3O3S/c13-8-3-1-2-4-9(8)15-11(18)14-5-6-16-10(17)7-20-12(16)19/h1-4H,5-7H2,(H2,14,15,18). The van der Waals surface area contributed by atoms with Crippen LogP contribution in [0, 0.1) is 5.82 Å². The maximum atomic E-state index is 13.3. The van der Waals surface area contributed by atoms with Crippen LogP contribution in [0.15, 0.2) is 24.3 Å². The van der Waals surface area contributed by atoms with Gasteiger partial charge in [0.15, 0.2) is 0 Å². The molecule has 1 aliphatic heterocycles. The van der Waals surface area contributed by atoms with Crippen molar-refractivity contribution in [2.45, 2.75) is 0 Å². The SMILES string of the molecule is O=C(NCCN1C(=O)CSC1=O)Nc1ccccc1F. The Morgan fingerprint density at radius 3 is 2.75 bits per heavy atom.